The molecule has 0 amide bonds. The first kappa shape index (κ1) is 14.1. The molecule has 1 unspecified atom stereocenters. The lowest BCUT2D eigenvalue weighted by atomic mass is 9.98. The maximum absolute atomic E-state index is 6.62. The Morgan fingerprint density at radius 3 is 2.33 bits per heavy atom. The van der Waals surface area contributed by atoms with Gasteiger partial charge >= 0.3 is 0 Å². The second kappa shape index (κ2) is 5.77. The van der Waals surface area contributed by atoms with Crippen LogP contribution in [0.25, 0.3) is 0 Å². The van der Waals surface area contributed by atoms with Crippen molar-refractivity contribution in [3.8, 4) is 0 Å². The third-order valence-electron chi connectivity index (χ3n) is 2.93. The molecule has 3 heteroatoms. The molecule has 0 radical (unpaired) electrons. The highest BCUT2D eigenvalue weighted by atomic mass is 79.9. The first-order valence-corrected chi connectivity index (χ1v) is 7.67. The van der Waals surface area contributed by atoms with E-state index in [4.69, 9.17) is 11.6 Å². The van der Waals surface area contributed by atoms with Crippen molar-refractivity contribution >= 4 is 43.5 Å². The van der Waals surface area contributed by atoms with E-state index in [1.54, 1.807) is 0 Å². The van der Waals surface area contributed by atoms with Gasteiger partial charge in [-0.3, -0.25) is 0 Å². The van der Waals surface area contributed by atoms with E-state index in [1.807, 2.05) is 12.1 Å². The molecule has 0 fully saturated rings. The quantitative estimate of drug-likeness (QED) is 0.541. The van der Waals surface area contributed by atoms with Crippen LogP contribution in [0.3, 0.4) is 0 Å². The Morgan fingerprint density at radius 1 is 0.944 bits per heavy atom. The molecule has 0 saturated carbocycles. The van der Waals surface area contributed by atoms with E-state index in [9.17, 15) is 0 Å². The van der Waals surface area contributed by atoms with Gasteiger partial charge in [0.1, 0.15) is 0 Å². The number of hydrogen-bond acceptors (Lipinski definition) is 0. The van der Waals surface area contributed by atoms with Gasteiger partial charge < -0.3 is 0 Å². The summed E-state index contributed by atoms with van der Waals surface area (Å²) >= 11 is 13.7. The lowest BCUT2D eigenvalue weighted by Gasteiger charge is -2.15. The minimum atomic E-state index is -0.141. The van der Waals surface area contributed by atoms with Crippen LogP contribution in [0, 0.1) is 13.8 Å². The molecule has 94 valence electrons. The zero-order valence-corrected chi connectivity index (χ0v) is 14.1. The van der Waals surface area contributed by atoms with Gasteiger partial charge in [-0.25, -0.2) is 0 Å². The first-order valence-electron chi connectivity index (χ1n) is 5.65. The van der Waals surface area contributed by atoms with Crippen molar-refractivity contribution in [1.29, 1.82) is 0 Å². The molecule has 0 spiro atoms. The van der Waals surface area contributed by atoms with Gasteiger partial charge in [0, 0.05) is 8.95 Å². The second-order valence-corrected chi connectivity index (χ2v) is 6.59. The molecular weight excluding hydrogens is 375 g/mol. The van der Waals surface area contributed by atoms with Crippen molar-refractivity contribution in [1.82, 2.24) is 0 Å². The van der Waals surface area contributed by atoms with Crippen LogP contribution in [-0.4, -0.2) is 0 Å². The second-order valence-electron chi connectivity index (χ2n) is 4.39. The average molecular weight is 389 g/mol. The third-order valence-corrected chi connectivity index (χ3v) is 4.62. The van der Waals surface area contributed by atoms with Crippen LogP contribution < -0.4 is 0 Å². The van der Waals surface area contributed by atoms with Crippen LogP contribution in [-0.2, 0) is 0 Å². The van der Waals surface area contributed by atoms with E-state index in [1.165, 1.54) is 11.1 Å². The zero-order chi connectivity index (χ0) is 13.3. The van der Waals surface area contributed by atoms with Crippen LogP contribution in [0.5, 0.6) is 0 Å². The molecule has 0 heterocycles. The molecule has 1 atom stereocenters. The molecule has 18 heavy (non-hydrogen) atoms. The zero-order valence-electron chi connectivity index (χ0n) is 10.2. The summed E-state index contributed by atoms with van der Waals surface area (Å²) in [5.41, 5.74) is 4.72. The maximum atomic E-state index is 6.62. The fourth-order valence-corrected chi connectivity index (χ4v) is 3.40. The molecule has 0 aromatic heterocycles. The molecule has 0 bridgehead atoms. The van der Waals surface area contributed by atoms with Gasteiger partial charge in [0.2, 0.25) is 0 Å². The Morgan fingerprint density at radius 2 is 1.67 bits per heavy atom. The van der Waals surface area contributed by atoms with Crippen molar-refractivity contribution in [3.63, 3.8) is 0 Å². The summed E-state index contributed by atoms with van der Waals surface area (Å²) in [6, 6.07) is 12.4. The normalized spacial score (nSPS) is 12.5. The standard InChI is InChI=1S/C15H13Br2Cl/c1-9-3-5-12(10(2)7-9)15(18)13-8-11(16)4-6-14(13)17/h3-8,15H,1-2H3. The fraction of sp³-hybridized carbons (Fsp3) is 0.200. The van der Waals surface area contributed by atoms with Gasteiger partial charge in [-0.15, -0.1) is 11.6 Å². The summed E-state index contributed by atoms with van der Waals surface area (Å²) in [4.78, 5) is 0. The molecule has 0 N–H and O–H groups in total. The van der Waals surface area contributed by atoms with Crippen LogP contribution in [0.1, 0.15) is 27.6 Å². The highest BCUT2D eigenvalue weighted by molar-refractivity contribution is 9.11. The molecule has 0 aliphatic heterocycles. The van der Waals surface area contributed by atoms with Crippen molar-refractivity contribution in [2.45, 2.75) is 19.2 Å². The number of alkyl halides is 1. The summed E-state index contributed by atoms with van der Waals surface area (Å²) < 4.78 is 2.07. The number of benzene rings is 2. The van der Waals surface area contributed by atoms with Gasteiger partial charge in [-0.2, -0.15) is 0 Å². The Labute approximate surface area is 130 Å². The topological polar surface area (TPSA) is 0 Å². The molecule has 0 aliphatic rings. The SMILES string of the molecule is Cc1ccc(C(Cl)c2cc(Br)ccc2Br)c(C)c1. The van der Waals surface area contributed by atoms with Crippen molar-refractivity contribution in [2.75, 3.05) is 0 Å². The fourth-order valence-electron chi connectivity index (χ4n) is 1.99. The van der Waals surface area contributed by atoms with E-state index in [2.05, 4.69) is 70.0 Å². The monoisotopic (exact) mass is 386 g/mol. The Bertz CT molecular complexity index is 579. The summed E-state index contributed by atoms with van der Waals surface area (Å²) in [6.45, 7) is 4.19. The van der Waals surface area contributed by atoms with Crippen LogP contribution in [0.15, 0.2) is 45.3 Å². The third kappa shape index (κ3) is 2.98. The number of halogens is 3. The van der Waals surface area contributed by atoms with Crippen molar-refractivity contribution in [2.24, 2.45) is 0 Å². The van der Waals surface area contributed by atoms with E-state index >= 15 is 0 Å². The van der Waals surface area contributed by atoms with E-state index in [0.717, 1.165) is 20.1 Å². The Balaban J connectivity index is 2.47. The lowest BCUT2D eigenvalue weighted by molar-refractivity contribution is 1.09. The van der Waals surface area contributed by atoms with Gasteiger partial charge in [-0.05, 0) is 48.7 Å². The van der Waals surface area contributed by atoms with Crippen molar-refractivity contribution in [3.05, 3.63) is 67.6 Å². The smallest absolute Gasteiger partial charge is 0.0849 e. The van der Waals surface area contributed by atoms with Gasteiger partial charge in [0.15, 0.2) is 0 Å². The van der Waals surface area contributed by atoms with Gasteiger partial charge in [0.25, 0.3) is 0 Å². The summed E-state index contributed by atoms with van der Waals surface area (Å²) in [5.74, 6) is 0. The summed E-state index contributed by atoms with van der Waals surface area (Å²) in [7, 11) is 0. The number of hydrogen-bond donors (Lipinski definition) is 0. The minimum absolute atomic E-state index is 0.141. The predicted molar refractivity (Wildman–Crippen MR) is 85.5 cm³/mol. The van der Waals surface area contributed by atoms with Gasteiger partial charge in [-0.1, -0.05) is 55.6 Å². The molecule has 0 nitrogen and oxygen atoms in total. The molecular formula is C15H13Br2Cl. The minimum Gasteiger partial charge on any atom is -0.113 e. The summed E-state index contributed by atoms with van der Waals surface area (Å²) in [5, 5.41) is -0.141. The van der Waals surface area contributed by atoms with Crippen LogP contribution in [0.2, 0.25) is 0 Å². The van der Waals surface area contributed by atoms with E-state index in [-0.39, 0.29) is 5.38 Å². The lowest BCUT2D eigenvalue weighted by Crippen LogP contribution is -1.98. The Kier molecular flexibility index (Phi) is 4.52. The van der Waals surface area contributed by atoms with Crippen molar-refractivity contribution < 1.29 is 0 Å². The molecule has 2 aromatic rings. The maximum Gasteiger partial charge on any atom is 0.0849 e. The predicted octanol–water partition coefficient (Wildman–Crippen LogP) is 6.16. The van der Waals surface area contributed by atoms with E-state index < -0.39 is 0 Å². The van der Waals surface area contributed by atoms with E-state index in [0.29, 0.717) is 0 Å². The molecule has 2 rings (SSSR count). The number of rotatable bonds is 2. The average Bonchev–Trinajstić information content (AvgIpc) is 2.31. The largest absolute Gasteiger partial charge is 0.113 e. The highest BCUT2D eigenvalue weighted by Gasteiger charge is 2.16. The highest BCUT2D eigenvalue weighted by Crippen LogP contribution is 2.36. The Hall–Kier alpha value is -0.310. The molecule has 2 aromatic carbocycles. The summed E-state index contributed by atoms with van der Waals surface area (Å²) in [6.07, 6.45) is 0. The van der Waals surface area contributed by atoms with Crippen LogP contribution in [0.4, 0.5) is 0 Å². The van der Waals surface area contributed by atoms with Gasteiger partial charge in [0.05, 0.1) is 5.38 Å². The number of aryl methyl sites for hydroxylation is 2. The first-order chi connectivity index (χ1) is 8.49. The van der Waals surface area contributed by atoms with Crippen LogP contribution >= 0.6 is 43.5 Å². The molecule has 0 saturated heterocycles. The molecule has 0 aliphatic carbocycles.